The first kappa shape index (κ1) is 15.3. The number of hydrogen-bond acceptors (Lipinski definition) is 5. The Bertz CT molecular complexity index is 570. The Morgan fingerprint density at radius 3 is 2.57 bits per heavy atom. The van der Waals surface area contributed by atoms with Crippen LogP contribution in [0.25, 0.3) is 0 Å². The summed E-state index contributed by atoms with van der Waals surface area (Å²) in [5.74, 6) is 1.65. The molecule has 2 aromatic rings. The van der Waals surface area contributed by atoms with E-state index in [4.69, 9.17) is 14.6 Å². The lowest BCUT2D eigenvalue weighted by atomic mass is 10.2. The van der Waals surface area contributed by atoms with Crippen LogP contribution < -0.4 is 14.8 Å². The lowest BCUT2D eigenvalue weighted by Crippen LogP contribution is -2.11. The van der Waals surface area contributed by atoms with Gasteiger partial charge in [-0.15, -0.1) is 0 Å². The van der Waals surface area contributed by atoms with Crippen molar-refractivity contribution in [2.24, 2.45) is 0 Å². The molecule has 1 aromatic heterocycles. The van der Waals surface area contributed by atoms with Gasteiger partial charge in [-0.2, -0.15) is 0 Å². The lowest BCUT2D eigenvalue weighted by Gasteiger charge is -2.11. The molecule has 0 aliphatic rings. The minimum atomic E-state index is -0.0337. The van der Waals surface area contributed by atoms with Crippen molar-refractivity contribution in [1.29, 1.82) is 0 Å². The van der Waals surface area contributed by atoms with Crippen molar-refractivity contribution in [1.82, 2.24) is 10.3 Å². The predicted octanol–water partition coefficient (Wildman–Crippen LogP) is 2.48. The van der Waals surface area contributed by atoms with E-state index in [1.165, 1.54) is 0 Å². The number of pyridine rings is 1. The summed E-state index contributed by atoms with van der Waals surface area (Å²) in [5.41, 5.74) is 1.87. The fourth-order valence-corrected chi connectivity index (χ4v) is 1.85. The highest BCUT2D eigenvalue weighted by molar-refractivity contribution is 5.44. The largest absolute Gasteiger partial charge is 0.493 e. The lowest BCUT2D eigenvalue weighted by molar-refractivity contribution is 0.280. The smallest absolute Gasteiger partial charge is 0.219 e. The van der Waals surface area contributed by atoms with Gasteiger partial charge in [-0.1, -0.05) is 19.1 Å². The third-order valence-electron chi connectivity index (χ3n) is 3.00. The molecule has 0 aliphatic heterocycles. The molecule has 1 heterocycles. The van der Waals surface area contributed by atoms with Gasteiger partial charge in [0.15, 0.2) is 11.5 Å². The topological polar surface area (TPSA) is 63.6 Å². The highest BCUT2D eigenvalue weighted by atomic mass is 16.5. The molecule has 21 heavy (non-hydrogen) atoms. The standard InChI is InChI=1S/C16H20N2O3/c1-3-17-9-13-5-7-16(18-10-13)21-14-6-4-12(11-19)8-15(14)20-2/h4-8,10,17,19H,3,9,11H2,1-2H3. The summed E-state index contributed by atoms with van der Waals surface area (Å²) >= 11 is 0. The molecule has 112 valence electrons. The fraction of sp³-hybridized carbons (Fsp3) is 0.312. The van der Waals surface area contributed by atoms with Gasteiger partial charge in [-0.05, 0) is 29.8 Å². The van der Waals surface area contributed by atoms with Gasteiger partial charge in [0.25, 0.3) is 0 Å². The van der Waals surface area contributed by atoms with Gasteiger partial charge in [-0.25, -0.2) is 4.98 Å². The van der Waals surface area contributed by atoms with Crippen LogP contribution in [0.2, 0.25) is 0 Å². The van der Waals surface area contributed by atoms with E-state index in [9.17, 15) is 0 Å². The van der Waals surface area contributed by atoms with Crippen molar-refractivity contribution in [3.8, 4) is 17.4 Å². The average molecular weight is 288 g/mol. The Kier molecular flexibility index (Phi) is 5.54. The zero-order chi connectivity index (χ0) is 15.1. The highest BCUT2D eigenvalue weighted by Crippen LogP contribution is 2.31. The maximum atomic E-state index is 9.12. The summed E-state index contributed by atoms with van der Waals surface area (Å²) in [6.45, 7) is 3.74. The molecule has 2 N–H and O–H groups in total. The number of aliphatic hydroxyl groups is 1. The first-order valence-corrected chi connectivity index (χ1v) is 6.88. The number of rotatable bonds is 7. The molecular weight excluding hydrogens is 268 g/mol. The van der Waals surface area contributed by atoms with Crippen LogP contribution in [0, 0.1) is 0 Å². The van der Waals surface area contributed by atoms with Crippen LogP contribution in [0.15, 0.2) is 36.5 Å². The van der Waals surface area contributed by atoms with E-state index in [-0.39, 0.29) is 6.61 Å². The molecule has 2 rings (SSSR count). The Balaban J connectivity index is 2.10. The van der Waals surface area contributed by atoms with Gasteiger partial charge >= 0.3 is 0 Å². The van der Waals surface area contributed by atoms with Crippen molar-refractivity contribution in [2.75, 3.05) is 13.7 Å². The van der Waals surface area contributed by atoms with E-state index in [0.29, 0.717) is 17.4 Å². The SMILES string of the molecule is CCNCc1ccc(Oc2ccc(CO)cc2OC)nc1. The highest BCUT2D eigenvalue weighted by Gasteiger charge is 2.07. The molecule has 5 nitrogen and oxygen atoms in total. The minimum Gasteiger partial charge on any atom is -0.493 e. The summed E-state index contributed by atoms with van der Waals surface area (Å²) < 4.78 is 11.0. The van der Waals surface area contributed by atoms with Crippen LogP contribution in [0.1, 0.15) is 18.1 Å². The molecule has 0 bridgehead atoms. The van der Waals surface area contributed by atoms with Gasteiger partial charge in [0.05, 0.1) is 13.7 Å². The molecule has 0 spiro atoms. The average Bonchev–Trinajstić information content (AvgIpc) is 2.54. The molecule has 0 aliphatic carbocycles. The maximum Gasteiger partial charge on any atom is 0.219 e. The van der Waals surface area contributed by atoms with E-state index in [1.54, 1.807) is 31.5 Å². The molecule has 0 saturated carbocycles. The maximum absolute atomic E-state index is 9.12. The van der Waals surface area contributed by atoms with Crippen LogP contribution in [0.4, 0.5) is 0 Å². The monoisotopic (exact) mass is 288 g/mol. The quantitative estimate of drug-likeness (QED) is 0.819. The van der Waals surface area contributed by atoms with Crippen LogP contribution in [-0.2, 0) is 13.2 Å². The third kappa shape index (κ3) is 4.18. The number of benzene rings is 1. The van der Waals surface area contributed by atoms with E-state index in [2.05, 4.69) is 17.2 Å². The van der Waals surface area contributed by atoms with Crippen LogP contribution in [-0.4, -0.2) is 23.7 Å². The number of aliphatic hydroxyl groups excluding tert-OH is 1. The van der Waals surface area contributed by atoms with Gasteiger partial charge in [0.2, 0.25) is 5.88 Å². The van der Waals surface area contributed by atoms with Crippen molar-refractivity contribution in [2.45, 2.75) is 20.1 Å². The zero-order valence-corrected chi connectivity index (χ0v) is 12.3. The second-order valence-corrected chi connectivity index (χ2v) is 4.53. The first-order chi connectivity index (χ1) is 10.3. The summed E-state index contributed by atoms with van der Waals surface area (Å²) in [7, 11) is 1.57. The van der Waals surface area contributed by atoms with Gasteiger partial charge in [0.1, 0.15) is 0 Å². The number of nitrogens with zero attached hydrogens (tertiary/aromatic N) is 1. The molecule has 0 saturated heterocycles. The second-order valence-electron chi connectivity index (χ2n) is 4.53. The molecular formula is C16H20N2O3. The van der Waals surface area contributed by atoms with E-state index >= 15 is 0 Å². The molecule has 0 fully saturated rings. The number of hydrogen-bond donors (Lipinski definition) is 2. The first-order valence-electron chi connectivity index (χ1n) is 6.88. The van der Waals surface area contributed by atoms with E-state index in [0.717, 1.165) is 24.2 Å². The summed E-state index contributed by atoms with van der Waals surface area (Å²) in [5, 5.41) is 12.4. The Labute approximate surface area is 124 Å². The molecule has 0 radical (unpaired) electrons. The normalized spacial score (nSPS) is 10.4. The summed E-state index contributed by atoms with van der Waals surface area (Å²) in [6, 6.07) is 9.09. The Hall–Kier alpha value is -2.11. The third-order valence-corrected chi connectivity index (χ3v) is 3.00. The van der Waals surface area contributed by atoms with Gasteiger partial charge in [0, 0.05) is 18.8 Å². The number of aromatic nitrogens is 1. The van der Waals surface area contributed by atoms with Gasteiger partial charge < -0.3 is 19.9 Å². The minimum absolute atomic E-state index is 0.0337. The molecule has 0 atom stereocenters. The van der Waals surface area contributed by atoms with E-state index in [1.807, 2.05) is 12.1 Å². The van der Waals surface area contributed by atoms with Crippen molar-refractivity contribution < 1.29 is 14.6 Å². The van der Waals surface area contributed by atoms with Crippen LogP contribution in [0.5, 0.6) is 17.4 Å². The fourth-order valence-electron chi connectivity index (χ4n) is 1.85. The summed E-state index contributed by atoms with van der Waals surface area (Å²) in [4.78, 5) is 4.28. The zero-order valence-electron chi connectivity index (χ0n) is 12.3. The van der Waals surface area contributed by atoms with Crippen molar-refractivity contribution in [3.63, 3.8) is 0 Å². The second kappa shape index (κ2) is 7.61. The molecule has 5 heteroatoms. The van der Waals surface area contributed by atoms with Crippen LogP contribution in [0.3, 0.4) is 0 Å². The Morgan fingerprint density at radius 2 is 1.95 bits per heavy atom. The number of methoxy groups -OCH3 is 1. The number of ether oxygens (including phenoxy) is 2. The molecule has 0 unspecified atom stereocenters. The molecule has 1 aromatic carbocycles. The number of nitrogens with one attached hydrogen (secondary N) is 1. The van der Waals surface area contributed by atoms with E-state index < -0.39 is 0 Å². The Morgan fingerprint density at radius 1 is 1.14 bits per heavy atom. The van der Waals surface area contributed by atoms with Crippen molar-refractivity contribution >= 4 is 0 Å². The summed E-state index contributed by atoms with van der Waals surface area (Å²) in [6.07, 6.45) is 1.78. The predicted molar refractivity (Wildman–Crippen MR) is 80.6 cm³/mol. The molecule has 0 amide bonds. The van der Waals surface area contributed by atoms with Gasteiger partial charge in [-0.3, -0.25) is 0 Å². The van der Waals surface area contributed by atoms with Crippen molar-refractivity contribution in [3.05, 3.63) is 47.7 Å². The van der Waals surface area contributed by atoms with Crippen LogP contribution >= 0.6 is 0 Å².